The lowest BCUT2D eigenvalue weighted by Crippen LogP contribution is -2.33. The lowest BCUT2D eigenvalue weighted by atomic mass is 9.98. The van der Waals surface area contributed by atoms with Crippen molar-refractivity contribution in [2.24, 2.45) is 17.6 Å². The topological polar surface area (TPSA) is 72.9 Å². The predicted molar refractivity (Wildman–Crippen MR) is 118 cm³/mol. The minimum atomic E-state index is 0. The number of pyridine rings is 1. The average molecular weight is 427 g/mol. The summed E-state index contributed by atoms with van der Waals surface area (Å²) < 4.78 is 7.89. The van der Waals surface area contributed by atoms with Gasteiger partial charge in [0, 0.05) is 37.1 Å². The maximum Gasteiger partial charge on any atom is 0.253 e. The van der Waals surface area contributed by atoms with Crippen LogP contribution in [0.4, 0.5) is 0 Å². The molecule has 0 spiro atoms. The van der Waals surface area contributed by atoms with Gasteiger partial charge in [0.1, 0.15) is 18.0 Å². The van der Waals surface area contributed by atoms with Crippen molar-refractivity contribution < 1.29 is 9.53 Å². The van der Waals surface area contributed by atoms with Gasteiger partial charge >= 0.3 is 0 Å². The van der Waals surface area contributed by atoms with Gasteiger partial charge in [0.05, 0.1) is 5.69 Å². The van der Waals surface area contributed by atoms with Crippen molar-refractivity contribution in [3.8, 4) is 5.75 Å². The first-order valence-corrected chi connectivity index (χ1v) is 10.3. The standard InChI is InChI=1S/C23H26N4O2.ClH/c1-15-3-2-10-26-12-18(25-22(15)26)14-29-19-7-4-16(5-8-19)23(28)27-11-17-6-9-21(24)20(17)13-27;/h2-5,7-8,10,12,17,20-21H,6,9,11,13-14,24H2,1H3;1H. The summed E-state index contributed by atoms with van der Waals surface area (Å²) in [7, 11) is 0. The van der Waals surface area contributed by atoms with Crippen LogP contribution in [-0.4, -0.2) is 39.3 Å². The van der Waals surface area contributed by atoms with E-state index in [1.807, 2.05) is 65.0 Å². The zero-order valence-corrected chi connectivity index (χ0v) is 17.8. The summed E-state index contributed by atoms with van der Waals surface area (Å²) in [6.07, 6.45) is 6.20. The second-order valence-corrected chi connectivity index (χ2v) is 8.34. The van der Waals surface area contributed by atoms with Crippen LogP contribution in [0.3, 0.4) is 0 Å². The quantitative estimate of drug-likeness (QED) is 0.693. The fraction of sp³-hybridized carbons (Fsp3) is 0.391. The van der Waals surface area contributed by atoms with Gasteiger partial charge in [0.25, 0.3) is 5.91 Å². The van der Waals surface area contributed by atoms with Crippen molar-refractivity contribution >= 4 is 24.0 Å². The lowest BCUT2D eigenvalue weighted by molar-refractivity contribution is 0.0779. The van der Waals surface area contributed by atoms with E-state index in [9.17, 15) is 4.79 Å². The van der Waals surface area contributed by atoms with Gasteiger partial charge in [0.2, 0.25) is 0 Å². The summed E-state index contributed by atoms with van der Waals surface area (Å²) in [5.74, 6) is 1.87. The van der Waals surface area contributed by atoms with Gasteiger partial charge in [-0.1, -0.05) is 6.07 Å². The van der Waals surface area contributed by atoms with Crippen LogP contribution in [0.5, 0.6) is 5.75 Å². The highest BCUT2D eigenvalue weighted by Gasteiger charge is 2.42. The number of aryl methyl sites for hydroxylation is 1. The van der Waals surface area contributed by atoms with Crippen molar-refractivity contribution in [1.29, 1.82) is 0 Å². The normalized spacial score (nSPS) is 22.7. The van der Waals surface area contributed by atoms with Gasteiger partial charge < -0.3 is 19.8 Å². The number of likely N-dealkylation sites (tertiary alicyclic amines) is 1. The molecule has 3 heterocycles. The van der Waals surface area contributed by atoms with Crippen LogP contribution in [-0.2, 0) is 6.61 Å². The molecule has 1 saturated heterocycles. The number of imidazole rings is 1. The van der Waals surface area contributed by atoms with E-state index in [1.165, 1.54) is 0 Å². The van der Waals surface area contributed by atoms with Crippen molar-refractivity contribution in [3.05, 3.63) is 65.6 Å². The number of hydrogen-bond acceptors (Lipinski definition) is 4. The zero-order chi connectivity index (χ0) is 20.0. The van der Waals surface area contributed by atoms with E-state index >= 15 is 0 Å². The largest absolute Gasteiger partial charge is 0.487 e. The number of aromatic nitrogens is 2. The number of nitrogens with two attached hydrogens (primary N) is 1. The van der Waals surface area contributed by atoms with Gasteiger partial charge in [-0.2, -0.15) is 0 Å². The molecule has 1 aromatic carbocycles. The van der Waals surface area contributed by atoms with E-state index in [2.05, 4.69) is 4.98 Å². The molecule has 2 aromatic heterocycles. The SMILES string of the molecule is Cc1cccn2cc(COc3ccc(C(=O)N4CC5CCC(N)C5C4)cc3)nc12.Cl. The lowest BCUT2D eigenvalue weighted by Gasteiger charge is -2.19. The second kappa shape index (κ2) is 8.28. The number of fused-ring (bicyclic) bond motifs is 2. The molecular weight excluding hydrogens is 400 g/mol. The Balaban J connectivity index is 0.00000218. The molecule has 1 aliphatic carbocycles. The van der Waals surface area contributed by atoms with Gasteiger partial charge in [-0.15, -0.1) is 12.4 Å². The number of halogens is 1. The highest BCUT2D eigenvalue weighted by Crippen LogP contribution is 2.37. The molecule has 1 aliphatic heterocycles. The third kappa shape index (κ3) is 3.77. The van der Waals surface area contributed by atoms with E-state index < -0.39 is 0 Å². The second-order valence-electron chi connectivity index (χ2n) is 8.34. The Hall–Kier alpha value is -2.57. The van der Waals surface area contributed by atoms with E-state index in [0.717, 1.165) is 48.6 Å². The van der Waals surface area contributed by atoms with E-state index in [-0.39, 0.29) is 24.4 Å². The van der Waals surface area contributed by atoms with Crippen LogP contribution >= 0.6 is 12.4 Å². The Morgan fingerprint density at radius 3 is 2.73 bits per heavy atom. The molecule has 6 nitrogen and oxygen atoms in total. The fourth-order valence-corrected chi connectivity index (χ4v) is 4.78. The Labute approximate surface area is 182 Å². The Morgan fingerprint density at radius 1 is 1.20 bits per heavy atom. The minimum absolute atomic E-state index is 0. The summed E-state index contributed by atoms with van der Waals surface area (Å²) in [6, 6.07) is 11.7. The van der Waals surface area contributed by atoms with Gasteiger partial charge in [-0.3, -0.25) is 4.79 Å². The van der Waals surface area contributed by atoms with Crippen LogP contribution in [0.25, 0.3) is 5.65 Å². The maximum absolute atomic E-state index is 12.8. The molecule has 3 unspecified atom stereocenters. The summed E-state index contributed by atoms with van der Waals surface area (Å²) >= 11 is 0. The smallest absolute Gasteiger partial charge is 0.253 e. The van der Waals surface area contributed by atoms with Gasteiger partial charge in [-0.25, -0.2) is 4.98 Å². The van der Waals surface area contributed by atoms with E-state index in [1.54, 1.807) is 0 Å². The summed E-state index contributed by atoms with van der Waals surface area (Å²) in [5.41, 5.74) is 9.85. The molecule has 7 heteroatoms. The Kier molecular flexibility index (Phi) is 5.71. The first-order chi connectivity index (χ1) is 14.1. The molecule has 0 bridgehead atoms. The summed E-state index contributed by atoms with van der Waals surface area (Å²) in [6.45, 7) is 4.06. The van der Waals surface area contributed by atoms with Crippen molar-refractivity contribution in [2.45, 2.75) is 32.4 Å². The monoisotopic (exact) mass is 426 g/mol. The van der Waals surface area contributed by atoms with E-state index in [0.29, 0.717) is 24.0 Å². The molecular formula is C23H27ClN4O2. The van der Waals surface area contributed by atoms with Crippen LogP contribution in [0, 0.1) is 18.8 Å². The number of amides is 1. The van der Waals surface area contributed by atoms with E-state index in [4.69, 9.17) is 10.5 Å². The van der Waals surface area contributed by atoms with Crippen LogP contribution in [0.1, 0.15) is 34.5 Å². The fourth-order valence-electron chi connectivity index (χ4n) is 4.78. The van der Waals surface area contributed by atoms with Gasteiger partial charge in [-0.05, 0) is 67.5 Å². The highest BCUT2D eigenvalue weighted by atomic mass is 35.5. The number of benzene rings is 1. The van der Waals surface area contributed by atoms with Crippen molar-refractivity contribution in [3.63, 3.8) is 0 Å². The Bertz CT molecular complexity index is 1050. The molecule has 5 rings (SSSR count). The van der Waals surface area contributed by atoms with Crippen LogP contribution < -0.4 is 10.5 Å². The first-order valence-electron chi connectivity index (χ1n) is 10.3. The number of rotatable bonds is 4. The van der Waals surface area contributed by atoms with Crippen molar-refractivity contribution in [2.75, 3.05) is 13.1 Å². The maximum atomic E-state index is 12.8. The predicted octanol–water partition coefficient (Wildman–Crippen LogP) is 3.45. The molecule has 30 heavy (non-hydrogen) atoms. The average Bonchev–Trinajstić information content (AvgIpc) is 3.43. The number of ether oxygens (including phenoxy) is 1. The molecule has 2 fully saturated rings. The highest BCUT2D eigenvalue weighted by molar-refractivity contribution is 5.94. The molecule has 2 N–H and O–H groups in total. The molecule has 1 amide bonds. The third-order valence-corrected chi connectivity index (χ3v) is 6.42. The summed E-state index contributed by atoms with van der Waals surface area (Å²) in [5, 5.41) is 0. The zero-order valence-electron chi connectivity index (χ0n) is 17.0. The van der Waals surface area contributed by atoms with Crippen molar-refractivity contribution in [1.82, 2.24) is 14.3 Å². The molecule has 3 atom stereocenters. The minimum Gasteiger partial charge on any atom is -0.487 e. The number of nitrogens with zero attached hydrogens (tertiary/aromatic N) is 3. The number of carbonyl (C=O) groups is 1. The Morgan fingerprint density at radius 2 is 2.00 bits per heavy atom. The molecule has 3 aromatic rings. The summed E-state index contributed by atoms with van der Waals surface area (Å²) in [4.78, 5) is 19.4. The molecule has 0 radical (unpaired) electrons. The molecule has 158 valence electrons. The molecule has 1 saturated carbocycles. The number of carbonyl (C=O) groups excluding carboxylic acids is 1. The first kappa shape index (κ1) is 20.7. The third-order valence-electron chi connectivity index (χ3n) is 6.42. The molecule has 2 aliphatic rings. The van der Waals surface area contributed by atoms with Crippen LogP contribution in [0.2, 0.25) is 0 Å². The number of hydrogen-bond donors (Lipinski definition) is 1. The van der Waals surface area contributed by atoms with Crippen LogP contribution in [0.15, 0.2) is 48.8 Å². The van der Waals surface area contributed by atoms with Gasteiger partial charge in [0.15, 0.2) is 0 Å².